The average molecular weight is 366 g/mol. The molecule has 1 aliphatic heterocycles. The molecule has 0 bridgehead atoms. The fourth-order valence-electron chi connectivity index (χ4n) is 3.38. The summed E-state index contributed by atoms with van der Waals surface area (Å²) in [5.74, 6) is -0.0650. The minimum atomic E-state index is -0.0650. The molecular formula is C20H22N4OS. The zero-order valence-corrected chi connectivity index (χ0v) is 15.8. The largest absolute Gasteiger partial charge is 0.347 e. The Morgan fingerprint density at radius 3 is 2.96 bits per heavy atom. The van der Waals surface area contributed by atoms with Gasteiger partial charge in [-0.25, -0.2) is 4.68 Å². The van der Waals surface area contributed by atoms with Gasteiger partial charge in [-0.15, -0.1) is 11.3 Å². The normalized spacial score (nSPS) is 16.4. The van der Waals surface area contributed by atoms with Gasteiger partial charge in [0.2, 0.25) is 0 Å². The van der Waals surface area contributed by atoms with Crippen molar-refractivity contribution in [2.75, 3.05) is 13.1 Å². The van der Waals surface area contributed by atoms with Crippen molar-refractivity contribution in [1.29, 1.82) is 0 Å². The maximum atomic E-state index is 12.3. The predicted octanol–water partition coefficient (Wildman–Crippen LogP) is 3.30. The van der Waals surface area contributed by atoms with Crippen molar-refractivity contribution in [3.63, 3.8) is 0 Å². The SMILES string of the molecule is Cc1ccc(-c2cc3n(n2)[C@H](NCCc2cccs2)CNC3=O)c(C)c1. The van der Waals surface area contributed by atoms with Crippen molar-refractivity contribution in [1.82, 2.24) is 20.4 Å². The van der Waals surface area contributed by atoms with Crippen molar-refractivity contribution >= 4 is 17.2 Å². The summed E-state index contributed by atoms with van der Waals surface area (Å²) in [5, 5.41) is 13.3. The number of fused-ring (bicyclic) bond motifs is 1. The number of aryl methyl sites for hydroxylation is 2. The first-order valence-electron chi connectivity index (χ1n) is 8.83. The molecule has 2 N–H and O–H groups in total. The summed E-state index contributed by atoms with van der Waals surface area (Å²) in [5.41, 5.74) is 4.92. The number of nitrogens with zero attached hydrogens (tertiary/aromatic N) is 2. The number of carbonyl (C=O) groups excluding carboxylic acids is 1. The van der Waals surface area contributed by atoms with Crippen LogP contribution in [-0.2, 0) is 6.42 Å². The fourth-order valence-corrected chi connectivity index (χ4v) is 4.09. The van der Waals surface area contributed by atoms with Gasteiger partial charge >= 0.3 is 0 Å². The molecule has 0 saturated heterocycles. The van der Waals surface area contributed by atoms with Gasteiger partial charge in [-0.05, 0) is 43.3 Å². The van der Waals surface area contributed by atoms with Crippen LogP contribution in [0.15, 0.2) is 41.8 Å². The zero-order chi connectivity index (χ0) is 18.1. The molecule has 0 fully saturated rings. The molecule has 0 unspecified atom stereocenters. The summed E-state index contributed by atoms with van der Waals surface area (Å²) in [7, 11) is 0. The van der Waals surface area contributed by atoms with E-state index < -0.39 is 0 Å². The number of carbonyl (C=O) groups is 1. The number of nitrogens with one attached hydrogen (secondary N) is 2. The van der Waals surface area contributed by atoms with Crippen LogP contribution in [0.3, 0.4) is 0 Å². The fraction of sp³-hybridized carbons (Fsp3) is 0.300. The number of hydrogen-bond acceptors (Lipinski definition) is 4. The lowest BCUT2D eigenvalue weighted by Crippen LogP contribution is -2.45. The lowest BCUT2D eigenvalue weighted by molar-refractivity contribution is 0.0901. The minimum absolute atomic E-state index is 0.0258. The van der Waals surface area contributed by atoms with E-state index in [-0.39, 0.29) is 12.1 Å². The molecule has 1 aliphatic rings. The van der Waals surface area contributed by atoms with E-state index in [1.807, 2.05) is 10.7 Å². The highest BCUT2D eigenvalue weighted by Gasteiger charge is 2.27. The monoisotopic (exact) mass is 366 g/mol. The van der Waals surface area contributed by atoms with Crippen LogP contribution < -0.4 is 10.6 Å². The third kappa shape index (κ3) is 3.30. The quantitative estimate of drug-likeness (QED) is 0.728. The molecule has 0 radical (unpaired) electrons. The molecule has 1 atom stereocenters. The summed E-state index contributed by atoms with van der Waals surface area (Å²) in [4.78, 5) is 13.6. The predicted molar refractivity (Wildman–Crippen MR) is 105 cm³/mol. The van der Waals surface area contributed by atoms with Crippen molar-refractivity contribution in [2.45, 2.75) is 26.4 Å². The van der Waals surface area contributed by atoms with Gasteiger partial charge < -0.3 is 5.32 Å². The highest BCUT2D eigenvalue weighted by atomic mass is 32.1. The van der Waals surface area contributed by atoms with Gasteiger partial charge in [-0.1, -0.05) is 29.8 Å². The van der Waals surface area contributed by atoms with Crippen molar-refractivity contribution in [2.24, 2.45) is 0 Å². The van der Waals surface area contributed by atoms with E-state index in [9.17, 15) is 4.79 Å². The number of thiophene rings is 1. The first-order chi connectivity index (χ1) is 12.6. The highest BCUT2D eigenvalue weighted by molar-refractivity contribution is 7.09. The van der Waals surface area contributed by atoms with Gasteiger partial charge in [0.05, 0.1) is 12.2 Å². The van der Waals surface area contributed by atoms with Gasteiger partial charge in [0.1, 0.15) is 11.9 Å². The van der Waals surface area contributed by atoms with Crippen LogP contribution in [0.4, 0.5) is 0 Å². The second-order valence-corrected chi connectivity index (χ2v) is 7.72. The molecule has 1 aromatic carbocycles. The molecular weight excluding hydrogens is 344 g/mol. The van der Waals surface area contributed by atoms with Crippen LogP contribution in [0.5, 0.6) is 0 Å². The van der Waals surface area contributed by atoms with E-state index in [2.05, 4.69) is 60.2 Å². The maximum absolute atomic E-state index is 12.3. The highest BCUT2D eigenvalue weighted by Crippen LogP contribution is 2.26. The Hall–Kier alpha value is -2.44. The Morgan fingerprint density at radius 1 is 1.31 bits per heavy atom. The lowest BCUT2D eigenvalue weighted by atomic mass is 10.0. The summed E-state index contributed by atoms with van der Waals surface area (Å²) in [6, 6.07) is 12.4. The minimum Gasteiger partial charge on any atom is -0.347 e. The Bertz CT molecular complexity index is 929. The molecule has 3 aromatic rings. The van der Waals surface area contributed by atoms with Crippen LogP contribution >= 0.6 is 11.3 Å². The van der Waals surface area contributed by atoms with E-state index in [1.54, 1.807) is 11.3 Å². The van der Waals surface area contributed by atoms with Crippen molar-refractivity contribution < 1.29 is 4.79 Å². The van der Waals surface area contributed by atoms with Gasteiger partial charge in [0, 0.05) is 17.0 Å². The molecule has 5 nitrogen and oxygen atoms in total. The number of benzene rings is 1. The number of hydrogen-bond donors (Lipinski definition) is 2. The molecule has 0 saturated carbocycles. The summed E-state index contributed by atoms with van der Waals surface area (Å²) < 4.78 is 1.84. The third-order valence-corrected chi connectivity index (χ3v) is 5.65. The number of aromatic nitrogens is 2. The summed E-state index contributed by atoms with van der Waals surface area (Å²) >= 11 is 1.77. The molecule has 134 valence electrons. The van der Waals surface area contributed by atoms with E-state index in [0.29, 0.717) is 12.2 Å². The van der Waals surface area contributed by atoms with Crippen molar-refractivity contribution in [3.8, 4) is 11.3 Å². The van der Waals surface area contributed by atoms with Gasteiger partial charge in [-0.2, -0.15) is 5.10 Å². The topological polar surface area (TPSA) is 59.0 Å². The van der Waals surface area contributed by atoms with Crippen LogP contribution in [0, 0.1) is 13.8 Å². The Kier molecular flexibility index (Phi) is 4.61. The van der Waals surface area contributed by atoms with Gasteiger partial charge in [-0.3, -0.25) is 10.1 Å². The van der Waals surface area contributed by atoms with E-state index in [4.69, 9.17) is 5.10 Å². The number of rotatable bonds is 5. The third-order valence-electron chi connectivity index (χ3n) is 4.71. The Morgan fingerprint density at radius 2 is 2.19 bits per heavy atom. The standard InChI is InChI=1S/C20H22N4OS/c1-13-5-6-16(14(2)10-13)17-11-18-20(25)22-12-19(24(18)23-17)21-8-7-15-4-3-9-26-15/h3-6,9-11,19,21H,7-8,12H2,1-2H3,(H,22,25)/t19-/m0/s1. The van der Waals surface area contributed by atoms with Crippen LogP contribution in [-0.4, -0.2) is 28.8 Å². The molecule has 4 rings (SSSR count). The molecule has 1 amide bonds. The summed E-state index contributed by atoms with van der Waals surface area (Å²) in [6.07, 6.45) is 0.949. The maximum Gasteiger partial charge on any atom is 0.269 e. The lowest BCUT2D eigenvalue weighted by Gasteiger charge is -2.25. The van der Waals surface area contributed by atoms with Gasteiger partial charge in [0.15, 0.2) is 0 Å². The van der Waals surface area contributed by atoms with Crippen LogP contribution in [0.2, 0.25) is 0 Å². The van der Waals surface area contributed by atoms with Crippen LogP contribution in [0.1, 0.15) is 32.7 Å². The Balaban J connectivity index is 1.57. The van der Waals surface area contributed by atoms with E-state index in [0.717, 1.165) is 24.2 Å². The van der Waals surface area contributed by atoms with Gasteiger partial charge in [0.25, 0.3) is 5.91 Å². The van der Waals surface area contributed by atoms with Crippen LogP contribution in [0.25, 0.3) is 11.3 Å². The second kappa shape index (κ2) is 7.05. The molecule has 3 heterocycles. The first kappa shape index (κ1) is 17.0. The summed E-state index contributed by atoms with van der Waals surface area (Å²) in [6.45, 7) is 5.55. The molecule has 26 heavy (non-hydrogen) atoms. The smallest absolute Gasteiger partial charge is 0.269 e. The van der Waals surface area contributed by atoms with Crippen molar-refractivity contribution in [3.05, 3.63) is 63.5 Å². The average Bonchev–Trinajstić information content (AvgIpc) is 3.27. The van der Waals surface area contributed by atoms with E-state index >= 15 is 0 Å². The molecule has 2 aromatic heterocycles. The van der Waals surface area contributed by atoms with E-state index in [1.165, 1.54) is 16.0 Å². The molecule has 0 spiro atoms. The number of amides is 1. The second-order valence-electron chi connectivity index (χ2n) is 6.69. The first-order valence-corrected chi connectivity index (χ1v) is 9.71. The molecule has 0 aliphatic carbocycles. The zero-order valence-electron chi connectivity index (χ0n) is 15.0. The molecule has 6 heteroatoms. The Labute approximate surface area is 157 Å².